The summed E-state index contributed by atoms with van der Waals surface area (Å²) in [5.41, 5.74) is 18.9. The van der Waals surface area contributed by atoms with Gasteiger partial charge >= 0.3 is 0 Å². The Morgan fingerprint density at radius 3 is 1.82 bits per heavy atom. The summed E-state index contributed by atoms with van der Waals surface area (Å²) in [5, 5.41) is 12.3. The lowest BCUT2D eigenvalue weighted by Gasteiger charge is -2.21. The second kappa shape index (κ2) is 24.1. The molecule has 0 radical (unpaired) electrons. The average molecular weight is 1010 g/mol. The van der Waals surface area contributed by atoms with Crippen LogP contribution in [-0.2, 0) is 0 Å². The number of hydrogen-bond donors (Lipinski definition) is 0. The van der Waals surface area contributed by atoms with Gasteiger partial charge in [0, 0.05) is 17.3 Å². The van der Waals surface area contributed by atoms with Crippen LogP contribution in [0.4, 0.5) is 0 Å². The largest absolute Gasteiger partial charge is 0.298 e. The van der Waals surface area contributed by atoms with Crippen LogP contribution >= 0.6 is 0 Å². The Kier molecular flexibility index (Phi) is 16.6. The highest BCUT2D eigenvalue weighted by molar-refractivity contribution is 6.25. The molecule has 0 unspecified atom stereocenters. The molecule has 2 nitrogen and oxygen atoms in total. The minimum absolute atomic E-state index is 0.842. The molecular formula is C76H68N2. The first kappa shape index (κ1) is 53.5. The highest BCUT2D eigenvalue weighted by Gasteiger charge is 2.24. The summed E-state index contributed by atoms with van der Waals surface area (Å²) in [5.74, 6) is 0. The van der Waals surface area contributed by atoms with Crippen LogP contribution in [0.2, 0.25) is 0 Å². The fourth-order valence-electron chi connectivity index (χ4n) is 11.5. The van der Waals surface area contributed by atoms with E-state index in [4.69, 9.17) is 4.98 Å². The van der Waals surface area contributed by atoms with Gasteiger partial charge in [0.05, 0.1) is 11.0 Å². The summed E-state index contributed by atoms with van der Waals surface area (Å²) in [6.07, 6.45) is 25.7. The number of hydrogen-bond acceptors (Lipinski definition) is 1. The van der Waals surface area contributed by atoms with Crippen LogP contribution in [-0.4, -0.2) is 9.38 Å². The number of aromatic nitrogens is 2. The zero-order valence-electron chi connectivity index (χ0n) is 46.2. The lowest BCUT2D eigenvalue weighted by Crippen LogP contribution is -1.96. The molecule has 0 spiro atoms. The van der Waals surface area contributed by atoms with Gasteiger partial charge in [-0.2, -0.15) is 0 Å². The molecule has 2 heterocycles. The molecular weight excluding hydrogens is 941 g/mol. The number of allylic oxidation sites excluding steroid dienone is 7. The molecule has 0 saturated heterocycles. The average Bonchev–Trinajstić information content (AvgIpc) is 3.98. The van der Waals surface area contributed by atoms with Gasteiger partial charge in [-0.15, -0.1) is 26.0 Å². The van der Waals surface area contributed by atoms with E-state index in [9.17, 15) is 0 Å². The number of terminal acetylenes is 1. The number of rotatable bonds is 10. The van der Waals surface area contributed by atoms with E-state index in [1.165, 1.54) is 110 Å². The van der Waals surface area contributed by atoms with Gasteiger partial charge in [0.2, 0.25) is 0 Å². The molecule has 0 aliphatic heterocycles. The zero-order chi connectivity index (χ0) is 54.9. The molecule has 0 fully saturated rings. The van der Waals surface area contributed by atoms with Crippen molar-refractivity contribution in [1.29, 1.82) is 0 Å². The van der Waals surface area contributed by atoms with Crippen LogP contribution < -0.4 is 0 Å². The predicted octanol–water partition coefficient (Wildman–Crippen LogP) is 22.0. The lowest BCUT2D eigenvalue weighted by atomic mass is 9.82. The number of nitrogens with zero attached hydrogens (tertiary/aromatic N) is 2. The minimum atomic E-state index is 0.842. The van der Waals surface area contributed by atoms with E-state index >= 15 is 0 Å². The molecule has 0 aliphatic rings. The Bertz CT molecular complexity index is 4330. The van der Waals surface area contributed by atoms with Crippen LogP contribution in [0.15, 0.2) is 237 Å². The van der Waals surface area contributed by atoms with Crippen molar-refractivity contribution in [1.82, 2.24) is 9.38 Å². The summed E-state index contributed by atoms with van der Waals surface area (Å²) >= 11 is 0. The van der Waals surface area contributed by atoms with Gasteiger partial charge in [-0.1, -0.05) is 221 Å². The van der Waals surface area contributed by atoms with Gasteiger partial charge < -0.3 is 0 Å². The topological polar surface area (TPSA) is 17.3 Å². The van der Waals surface area contributed by atoms with Crippen molar-refractivity contribution in [2.45, 2.75) is 61.3 Å². The molecule has 0 atom stereocenters. The SMILES string of the molecule is C#C.C/C=C\C(=C\C/C=C(\C)c1c2ccccc2c(-c2ccc3ccccc3c2)c2nc3ccc(-c4ccc5c(-c6cccc(C)c6/C=C\C)c6ccccc6c(-c6cccc7ccccc67)c5c4)cn3c12)CC.C=C.CC. The summed E-state index contributed by atoms with van der Waals surface area (Å²) in [6, 6.07) is 67.4. The molecule has 0 N–H and O–H groups in total. The van der Waals surface area contributed by atoms with Crippen molar-refractivity contribution in [3.8, 4) is 57.4 Å². The van der Waals surface area contributed by atoms with Crippen LogP contribution in [0, 0.1) is 19.8 Å². The van der Waals surface area contributed by atoms with Crippen LogP contribution in [0.1, 0.15) is 71.1 Å². The van der Waals surface area contributed by atoms with Gasteiger partial charge in [0.25, 0.3) is 0 Å². The van der Waals surface area contributed by atoms with Crippen molar-refractivity contribution in [3.05, 3.63) is 254 Å². The standard InChI is InChI=1S/C70H56N2.C2H6.C2H4.C2H2/c1-6-20-47(8-3)24-17-23-46(5)65-58-30-13-14-31-59(58)66(52-37-36-48-25-9-10-27-50(48)42-52)69-70(65)72-44-53(39-41-64(72)71-69)51-38-40-62-63(43-51)68(57-35-19-28-49-26-11-12-29-55(49)57)61-33-16-15-32-60(61)67(62)56-34-18-22-45(4)54(56)21-7-2;3*1-2/h6-7,9-16,18-44H,8,17H2,1-5H3;1-2H3;1-2H2;1-2H/b20-6-,21-7-,46-23+,47-24+;;;. The normalized spacial score (nSPS) is 11.9. The van der Waals surface area contributed by atoms with Crippen molar-refractivity contribution < 1.29 is 0 Å². The van der Waals surface area contributed by atoms with Crippen LogP contribution in [0.5, 0.6) is 0 Å². The summed E-state index contributed by atoms with van der Waals surface area (Å²) in [6.45, 7) is 20.9. The Labute approximate surface area is 461 Å². The van der Waals surface area contributed by atoms with E-state index in [-0.39, 0.29) is 0 Å². The number of fused-ring (bicyclic) bond motifs is 8. The number of benzene rings is 10. The molecule has 0 saturated carbocycles. The molecule has 0 bridgehead atoms. The van der Waals surface area contributed by atoms with E-state index in [0.29, 0.717) is 0 Å². The first-order chi connectivity index (χ1) is 38.4. The molecule has 12 rings (SSSR count). The van der Waals surface area contributed by atoms with Crippen molar-refractivity contribution >= 4 is 82.2 Å². The fourth-order valence-corrected chi connectivity index (χ4v) is 11.5. The molecule has 78 heavy (non-hydrogen) atoms. The van der Waals surface area contributed by atoms with Crippen LogP contribution in [0.3, 0.4) is 0 Å². The molecule has 10 aromatic carbocycles. The number of pyridine rings is 1. The van der Waals surface area contributed by atoms with Gasteiger partial charge in [0.15, 0.2) is 0 Å². The van der Waals surface area contributed by atoms with E-state index in [2.05, 4.69) is 290 Å². The summed E-state index contributed by atoms with van der Waals surface area (Å²) in [4.78, 5) is 5.60. The van der Waals surface area contributed by atoms with E-state index in [0.717, 1.165) is 46.2 Å². The molecule has 12 aromatic rings. The molecule has 382 valence electrons. The molecule has 0 amide bonds. The molecule has 2 heteroatoms. The summed E-state index contributed by atoms with van der Waals surface area (Å²) in [7, 11) is 0. The number of aryl methyl sites for hydroxylation is 1. The monoisotopic (exact) mass is 1010 g/mol. The third-order valence-electron chi connectivity index (χ3n) is 14.9. The Balaban J connectivity index is 0.00000119. The van der Waals surface area contributed by atoms with Gasteiger partial charge in [-0.25, -0.2) is 4.98 Å². The molecule has 2 aromatic heterocycles. The third kappa shape index (κ3) is 9.77. The Morgan fingerprint density at radius 1 is 0.538 bits per heavy atom. The predicted molar refractivity (Wildman–Crippen MR) is 345 cm³/mol. The first-order valence-electron chi connectivity index (χ1n) is 27.3. The fraction of sp³-hybridized carbons (Fsp3) is 0.118. The maximum Gasteiger partial charge on any atom is 0.137 e. The van der Waals surface area contributed by atoms with Crippen LogP contribution in [0.25, 0.3) is 127 Å². The quantitative estimate of drug-likeness (QED) is 0.0578. The summed E-state index contributed by atoms with van der Waals surface area (Å²) < 4.78 is 2.37. The Hall–Kier alpha value is -9.29. The highest BCUT2D eigenvalue weighted by atomic mass is 15.0. The Morgan fingerprint density at radius 2 is 1.12 bits per heavy atom. The minimum Gasteiger partial charge on any atom is -0.298 e. The smallest absolute Gasteiger partial charge is 0.137 e. The van der Waals surface area contributed by atoms with Crippen molar-refractivity contribution in [2.24, 2.45) is 0 Å². The van der Waals surface area contributed by atoms with E-state index < -0.39 is 0 Å². The maximum atomic E-state index is 5.60. The maximum absolute atomic E-state index is 5.60. The van der Waals surface area contributed by atoms with E-state index in [1.54, 1.807) is 0 Å². The van der Waals surface area contributed by atoms with Crippen molar-refractivity contribution in [2.75, 3.05) is 0 Å². The third-order valence-corrected chi connectivity index (χ3v) is 14.9. The second-order valence-corrected chi connectivity index (χ2v) is 19.2. The molecule has 0 aliphatic carbocycles. The number of imidazole rings is 1. The van der Waals surface area contributed by atoms with Gasteiger partial charge in [-0.05, 0) is 174 Å². The van der Waals surface area contributed by atoms with E-state index in [1.807, 2.05) is 13.8 Å². The van der Waals surface area contributed by atoms with Gasteiger partial charge in [0.1, 0.15) is 5.65 Å². The zero-order valence-corrected chi connectivity index (χ0v) is 46.2. The first-order valence-corrected chi connectivity index (χ1v) is 27.3. The van der Waals surface area contributed by atoms with Gasteiger partial charge in [-0.3, -0.25) is 4.40 Å². The lowest BCUT2D eigenvalue weighted by molar-refractivity contribution is 1.12. The second-order valence-electron chi connectivity index (χ2n) is 19.2. The highest BCUT2D eigenvalue weighted by Crippen LogP contribution is 2.48. The van der Waals surface area contributed by atoms with Crippen molar-refractivity contribution in [3.63, 3.8) is 0 Å².